The predicted molar refractivity (Wildman–Crippen MR) is 86.3 cm³/mol. The number of thiophene rings is 1. The molecule has 102 valence electrons. The Morgan fingerprint density at radius 1 is 1.20 bits per heavy atom. The van der Waals surface area contributed by atoms with Gasteiger partial charge in [-0.1, -0.05) is 35.9 Å². The molecule has 1 atom stereocenters. The Bertz CT molecular complexity index is 718. The van der Waals surface area contributed by atoms with Gasteiger partial charge in [-0.2, -0.15) is 0 Å². The highest BCUT2D eigenvalue weighted by atomic mass is 35.5. The zero-order valence-corrected chi connectivity index (χ0v) is 12.7. The van der Waals surface area contributed by atoms with Gasteiger partial charge in [-0.05, 0) is 30.0 Å². The molecule has 1 unspecified atom stereocenters. The van der Waals surface area contributed by atoms with Gasteiger partial charge in [0.05, 0.1) is 4.34 Å². The molecule has 0 radical (unpaired) electrons. The summed E-state index contributed by atoms with van der Waals surface area (Å²) < 4.78 is 0.834. The molecule has 2 heterocycles. The van der Waals surface area contributed by atoms with Crippen LogP contribution in [-0.2, 0) is 6.54 Å². The maximum atomic E-state index is 5.98. The van der Waals surface area contributed by atoms with Crippen LogP contribution in [0.2, 0.25) is 4.34 Å². The fourth-order valence-electron chi connectivity index (χ4n) is 2.24. The Balaban J connectivity index is 1.77. The molecular weight excluding hydrogens is 288 g/mol. The summed E-state index contributed by atoms with van der Waals surface area (Å²) >= 11 is 7.60. The molecule has 3 aromatic rings. The Kier molecular flexibility index (Phi) is 4.01. The molecule has 0 saturated heterocycles. The van der Waals surface area contributed by atoms with Gasteiger partial charge in [0.25, 0.3) is 0 Å². The van der Waals surface area contributed by atoms with Crippen LogP contribution >= 0.6 is 22.9 Å². The first-order chi connectivity index (χ1) is 9.74. The first-order valence-corrected chi connectivity index (χ1v) is 7.74. The first-order valence-electron chi connectivity index (χ1n) is 6.54. The van der Waals surface area contributed by atoms with Crippen molar-refractivity contribution in [2.75, 3.05) is 0 Å². The van der Waals surface area contributed by atoms with Gasteiger partial charge in [0.15, 0.2) is 0 Å². The zero-order valence-electron chi connectivity index (χ0n) is 11.1. The van der Waals surface area contributed by atoms with Crippen LogP contribution in [0.4, 0.5) is 0 Å². The summed E-state index contributed by atoms with van der Waals surface area (Å²) in [6.07, 6.45) is 3.84. The van der Waals surface area contributed by atoms with Crippen LogP contribution in [0.25, 0.3) is 10.8 Å². The van der Waals surface area contributed by atoms with Crippen molar-refractivity contribution in [3.8, 4) is 0 Å². The van der Waals surface area contributed by atoms with Crippen molar-refractivity contribution in [3.63, 3.8) is 0 Å². The van der Waals surface area contributed by atoms with Crippen LogP contribution in [0.1, 0.15) is 23.4 Å². The van der Waals surface area contributed by atoms with Crippen LogP contribution in [0.15, 0.2) is 48.8 Å². The molecule has 20 heavy (non-hydrogen) atoms. The lowest BCUT2D eigenvalue weighted by Crippen LogP contribution is -2.17. The second-order valence-corrected chi connectivity index (χ2v) is 6.51. The second kappa shape index (κ2) is 5.92. The van der Waals surface area contributed by atoms with E-state index in [4.69, 9.17) is 11.6 Å². The zero-order chi connectivity index (χ0) is 13.9. The summed E-state index contributed by atoms with van der Waals surface area (Å²) in [6.45, 7) is 2.95. The van der Waals surface area contributed by atoms with Crippen LogP contribution < -0.4 is 5.32 Å². The number of nitrogens with zero attached hydrogens (tertiary/aromatic N) is 1. The van der Waals surface area contributed by atoms with E-state index in [1.165, 1.54) is 21.2 Å². The highest BCUT2D eigenvalue weighted by Crippen LogP contribution is 2.27. The van der Waals surface area contributed by atoms with E-state index in [1.54, 1.807) is 11.3 Å². The van der Waals surface area contributed by atoms with Gasteiger partial charge in [-0.15, -0.1) is 11.3 Å². The highest BCUT2D eigenvalue weighted by Gasteiger charge is 2.08. The van der Waals surface area contributed by atoms with E-state index in [2.05, 4.69) is 41.5 Å². The average Bonchev–Trinajstić information content (AvgIpc) is 2.91. The molecule has 1 N–H and O–H groups in total. The van der Waals surface area contributed by atoms with Crippen molar-refractivity contribution in [1.29, 1.82) is 0 Å². The molecule has 0 fully saturated rings. The summed E-state index contributed by atoms with van der Waals surface area (Å²) in [7, 11) is 0. The number of nitrogens with one attached hydrogen (secondary N) is 1. The molecule has 1 aromatic carbocycles. The lowest BCUT2D eigenvalue weighted by atomic mass is 10.1. The van der Waals surface area contributed by atoms with Crippen LogP contribution in [0, 0.1) is 0 Å². The van der Waals surface area contributed by atoms with Gasteiger partial charge in [-0.3, -0.25) is 4.98 Å². The molecule has 0 spiro atoms. The maximum Gasteiger partial charge on any atom is 0.0931 e. The van der Waals surface area contributed by atoms with E-state index in [0.29, 0.717) is 0 Å². The van der Waals surface area contributed by atoms with Crippen molar-refractivity contribution in [1.82, 2.24) is 10.3 Å². The van der Waals surface area contributed by atoms with E-state index in [-0.39, 0.29) is 6.04 Å². The summed E-state index contributed by atoms with van der Waals surface area (Å²) in [4.78, 5) is 5.56. The van der Waals surface area contributed by atoms with E-state index in [1.807, 2.05) is 24.5 Å². The predicted octanol–water partition coefficient (Wildman–Crippen LogP) is 4.80. The van der Waals surface area contributed by atoms with Crippen LogP contribution in [0.5, 0.6) is 0 Å². The molecule has 0 aliphatic carbocycles. The summed E-state index contributed by atoms with van der Waals surface area (Å²) in [6, 6.07) is 12.6. The van der Waals surface area contributed by atoms with Gasteiger partial charge in [0, 0.05) is 35.2 Å². The smallest absolute Gasteiger partial charge is 0.0931 e. The lowest BCUT2D eigenvalue weighted by Gasteiger charge is -2.13. The van der Waals surface area contributed by atoms with E-state index in [0.717, 1.165) is 10.9 Å². The molecule has 0 amide bonds. The molecule has 2 aromatic heterocycles. The van der Waals surface area contributed by atoms with Gasteiger partial charge < -0.3 is 5.32 Å². The molecule has 3 rings (SSSR count). The monoisotopic (exact) mass is 302 g/mol. The second-order valence-electron chi connectivity index (χ2n) is 4.76. The quantitative estimate of drug-likeness (QED) is 0.749. The minimum atomic E-state index is 0.284. The Morgan fingerprint density at radius 2 is 2.05 bits per heavy atom. The van der Waals surface area contributed by atoms with Crippen LogP contribution in [0.3, 0.4) is 0 Å². The van der Waals surface area contributed by atoms with Crippen LogP contribution in [-0.4, -0.2) is 4.98 Å². The third kappa shape index (κ3) is 2.85. The molecule has 0 aliphatic rings. The van der Waals surface area contributed by atoms with Crippen molar-refractivity contribution in [2.45, 2.75) is 19.5 Å². The largest absolute Gasteiger partial charge is 0.305 e. The summed E-state index contributed by atoms with van der Waals surface area (Å²) in [5.41, 5.74) is 1.22. The number of pyridine rings is 1. The fraction of sp³-hybridized carbons (Fsp3) is 0.188. The van der Waals surface area contributed by atoms with Gasteiger partial charge in [0.1, 0.15) is 0 Å². The van der Waals surface area contributed by atoms with Gasteiger partial charge in [0.2, 0.25) is 0 Å². The van der Waals surface area contributed by atoms with Gasteiger partial charge in [-0.25, -0.2) is 0 Å². The molecule has 2 nitrogen and oxygen atoms in total. The lowest BCUT2D eigenvalue weighted by molar-refractivity contribution is 0.584. The van der Waals surface area contributed by atoms with Crippen molar-refractivity contribution in [3.05, 3.63) is 63.6 Å². The third-order valence-electron chi connectivity index (χ3n) is 3.37. The number of benzene rings is 1. The number of halogens is 1. The number of rotatable bonds is 4. The Labute approximate surface area is 127 Å². The Hall–Kier alpha value is -1.42. The average molecular weight is 303 g/mol. The van der Waals surface area contributed by atoms with Crippen molar-refractivity contribution < 1.29 is 0 Å². The Morgan fingerprint density at radius 3 is 2.85 bits per heavy atom. The van der Waals surface area contributed by atoms with Crippen molar-refractivity contribution in [2.24, 2.45) is 0 Å². The molecule has 0 aliphatic heterocycles. The maximum absolute atomic E-state index is 5.98. The minimum Gasteiger partial charge on any atom is -0.305 e. The summed E-state index contributed by atoms with van der Waals surface area (Å²) in [5.74, 6) is 0. The molecule has 0 saturated carbocycles. The number of aromatic nitrogens is 1. The normalized spacial score (nSPS) is 12.7. The molecular formula is C16H15ClN2S. The number of fused-ring (bicyclic) bond motifs is 1. The first kappa shape index (κ1) is 13.6. The van der Waals surface area contributed by atoms with E-state index >= 15 is 0 Å². The molecule has 0 bridgehead atoms. The van der Waals surface area contributed by atoms with E-state index < -0.39 is 0 Å². The fourth-order valence-corrected chi connectivity index (χ4v) is 3.33. The SMILES string of the molecule is CC(NCc1cncc2ccccc12)c1ccc(Cl)s1. The third-order valence-corrected chi connectivity index (χ3v) is 4.78. The van der Waals surface area contributed by atoms with E-state index in [9.17, 15) is 0 Å². The highest BCUT2D eigenvalue weighted by molar-refractivity contribution is 7.16. The van der Waals surface area contributed by atoms with Gasteiger partial charge >= 0.3 is 0 Å². The number of hydrogen-bond acceptors (Lipinski definition) is 3. The number of hydrogen-bond donors (Lipinski definition) is 1. The topological polar surface area (TPSA) is 24.9 Å². The standard InChI is InChI=1S/C16H15ClN2S/c1-11(15-6-7-16(17)20-15)19-10-13-9-18-8-12-4-2-3-5-14(12)13/h2-9,11,19H,10H2,1H3. The van der Waals surface area contributed by atoms with Crippen molar-refractivity contribution >= 4 is 33.7 Å². The molecule has 4 heteroatoms. The minimum absolute atomic E-state index is 0.284. The summed E-state index contributed by atoms with van der Waals surface area (Å²) in [5, 5.41) is 5.97.